The van der Waals surface area contributed by atoms with E-state index >= 15 is 0 Å². The normalized spacial score (nSPS) is 18.7. The number of carbonyl (C=O) groups is 6. The number of primary amides is 1. The monoisotopic (exact) mass is 429 g/mol. The zero-order chi connectivity index (χ0) is 23.0. The summed E-state index contributed by atoms with van der Waals surface area (Å²) in [6.45, 7) is 1.45. The third-order valence-electron chi connectivity index (χ3n) is 4.59. The molecule has 30 heavy (non-hydrogen) atoms. The molecule has 1 heterocycles. The number of hydrogen-bond acceptors (Lipinski definition) is 7. The van der Waals surface area contributed by atoms with Gasteiger partial charge in [-0.1, -0.05) is 0 Å². The van der Waals surface area contributed by atoms with Crippen LogP contribution in [0.4, 0.5) is 0 Å². The van der Waals surface area contributed by atoms with Crippen LogP contribution in [0, 0.1) is 0 Å². The molecule has 0 aliphatic carbocycles. The zero-order valence-corrected chi connectivity index (χ0v) is 16.5. The molecule has 4 unspecified atom stereocenters. The van der Waals surface area contributed by atoms with Gasteiger partial charge in [0.05, 0.1) is 12.5 Å². The van der Waals surface area contributed by atoms with Gasteiger partial charge in [0, 0.05) is 13.0 Å². The predicted molar refractivity (Wildman–Crippen MR) is 101 cm³/mol. The third kappa shape index (κ3) is 7.31. The van der Waals surface area contributed by atoms with Gasteiger partial charge in [0.15, 0.2) is 0 Å². The molecule has 1 aliphatic rings. The van der Waals surface area contributed by atoms with Gasteiger partial charge >= 0.3 is 11.9 Å². The van der Waals surface area contributed by atoms with Crippen molar-refractivity contribution in [2.75, 3.05) is 6.54 Å². The first-order valence-corrected chi connectivity index (χ1v) is 9.33. The molecule has 13 nitrogen and oxygen atoms in total. The van der Waals surface area contributed by atoms with E-state index in [1.807, 2.05) is 0 Å². The van der Waals surface area contributed by atoms with E-state index in [1.165, 1.54) is 11.8 Å². The molecule has 0 radical (unpaired) electrons. The number of hydrogen-bond donors (Lipinski definition) is 6. The standard InChI is InChI=1S/C17H27N5O8/c1-8(17(29)30)20-15(27)11-3-2-6-22(11)16(28)10(4-5-13(24)25)21-14(26)9(18)7-12(19)23/h8-11H,2-7,18H2,1H3,(H2,19,23)(H,20,27)(H,21,26)(H,24,25)(H,29,30). The van der Waals surface area contributed by atoms with E-state index in [0.717, 1.165) is 0 Å². The van der Waals surface area contributed by atoms with Crippen LogP contribution in [0.5, 0.6) is 0 Å². The van der Waals surface area contributed by atoms with Crippen molar-refractivity contribution in [3.63, 3.8) is 0 Å². The predicted octanol–water partition coefficient (Wildman–Crippen LogP) is -2.88. The molecule has 1 saturated heterocycles. The van der Waals surface area contributed by atoms with E-state index in [-0.39, 0.29) is 19.4 Å². The number of nitrogens with zero attached hydrogens (tertiary/aromatic N) is 1. The minimum Gasteiger partial charge on any atom is -0.481 e. The molecule has 8 N–H and O–H groups in total. The Morgan fingerprint density at radius 2 is 1.77 bits per heavy atom. The lowest BCUT2D eigenvalue weighted by Crippen LogP contribution is -2.56. The van der Waals surface area contributed by atoms with Crippen LogP contribution < -0.4 is 22.1 Å². The summed E-state index contributed by atoms with van der Waals surface area (Å²) in [4.78, 5) is 71.5. The molecule has 0 aromatic carbocycles. The number of amides is 4. The van der Waals surface area contributed by atoms with E-state index < -0.39 is 72.6 Å². The number of carboxylic acid groups (broad SMARTS) is 2. The topological polar surface area (TPSA) is 222 Å². The lowest BCUT2D eigenvalue weighted by molar-refractivity contribution is -0.144. The first-order chi connectivity index (χ1) is 13.9. The van der Waals surface area contributed by atoms with Gasteiger partial charge in [-0.25, -0.2) is 0 Å². The summed E-state index contributed by atoms with van der Waals surface area (Å²) in [5, 5.41) is 22.5. The summed E-state index contributed by atoms with van der Waals surface area (Å²) in [5.74, 6) is -5.49. The number of carboxylic acids is 2. The van der Waals surface area contributed by atoms with E-state index in [1.54, 1.807) is 0 Å². The van der Waals surface area contributed by atoms with Crippen LogP contribution >= 0.6 is 0 Å². The Bertz CT molecular complexity index is 712. The number of aliphatic carboxylic acids is 2. The Hall–Kier alpha value is -3.22. The van der Waals surface area contributed by atoms with Crippen LogP contribution in [-0.4, -0.2) is 81.4 Å². The van der Waals surface area contributed by atoms with E-state index in [9.17, 15) is 28.8 Å². The summed E-state index contributed by atoms with van der Waals surface area (Å²) >= 11 is 0. The SMILES string of the molecule is CC(NC(=O)C1CCCN1C(=O)C(CCC(=O)O)NC(=O)C(N)CC(N)=O)C(=O)O. The molecule has 0 saturated carbocycles. The molecule has 4 atom stereocenters. The average Bonchev–Trinajstić information content (AvgIpc) is 3.13. The lowest BCUT2D eigenvalue weighted by atomic mass is 10.1. The van der Waals surface area contributed by atoms with Crippen molar-refractivity contribution in [2.24, 2.45) is 11.5 Å². The second kappa shape index (κ2) is 11.1. The summed E-state index contributed by atoms with van der Waals surface area (Å²) in [7, 11) is 0. The van der Waals surface area contributed by atoms with Crippen molar-refractivity contribution in [3.8, 4) is 0 Å². The number of nitrogens with two attached hydrogens (primary N) is 2. The van der Waals surface area contributed by atoms with Gasteiger partial charge in [-0.2, -0.15) is 0 Å². The van der Waals surface area contributed by atoms with Gasteiger partial charge in [0.2, 0.25) is 23.6 Å². The highest BCUT2D eigenvalue weighted by molar-refractivity contribution is 5.95. The Kier molecular flexibility index (Phi) is 9.17. The maximum absolute atomic E-state index is 13.0. The van der Waals surface area contributed by atoms with Gasteiger partial charge in [-0.3, -0.25) is 28.8 Å². The number of nitrogens with one attached hydrogen (secondary N) is 2. The quantitative estimate of drug-likeness (QED) is 0.198. The van der Waals surface area contributed by atoms with Crippen LogP contribution in [0.15, 0.2) is 0 Å². The minimum atomic E-state index is -1.32. The number of carbonyl (C=O) groups excluding carboxylic acids is 4. The smallest absolute Gasteiger partial charge is 0.325 e. The summed E-state index contributed by atoms with van der Waals surface area (Å²) in [5.41, 5.74) is 10.6. The summed E-state index contributed by atoms with van der Waals surface area (Å²) < 4.78 is 0. The van der Waals surface area contributed by atoms with Crippen molar-refractivity contribution in [2.45, 2.75) is 63.2 Å². The molecular formula is C17H27N5O8. The van der Waals surface area contributed by atoms with Gasteiger partial charge < -0.3 is 37.2 Å². The highest BCUT2D eigenvalue weighted by Crippen LogP contribution is 2.20. The van der Waals surface area contributed by atoms with E-state index in [0.29, 0.717) is 6.42 Å². The van der Waals surface area contributed by atoms with Crippen molar-refractivity contribution in [1.29, 1.82) is 0 Å². The number of likely N-dealkylation sites (tertiary alicyclic amines) is 1. The second-order valence-corrected chi connectivity index (χ2v) is 7.03. The highest BCUT2D eigenvalue weighted by Gasteiger charge is 2.38. The van der Waals surface area contributed by atoms with Gasteiger partial charge in [-0.05, 0) is 26.2 Å². The Balaban J connectivity index is 2.93. The molecule has 0 spiro atoms. The maximum Gasteiger partial charge on any atom is 0.325 e. The largest absolute Gasteiger partial charge is 0.481 e. The molecule has 0 aromatic heterocycles. The Labute approximate surface area is 172 Å². The minimum absolute atomic E-state index is 0.172. The first-order valence-electron chi connectivity index (χ1n) is 9.33. The first kappa shape index (κ1) is 24.8. The fourth-order valence-corrected chi connectivity index (χ4v) is 2.99. The van der Waals surface area contributed by atoms with E-state index in [2.05, 4.69) is 10.6 Å². The van der Waals surface area contributed by atoms with E-state index in [4.69, 9.17) is 21.7 Å². The third-order valence-corrected chi connectivity index (χ3v) is 4.59. The maximum atomic E-state index is 13.0. The molecule has 13 heteroatoms. The molecule has 4 amide bonds. The molecule has 1 rings (SSSR count). The summed E-state index contributed by atoms with van der Waals surface area (Å²) in [6.07, 6.45) is -0.424. The molecule has 0 bridgehead atoms. The van der Waals surface area contributed by atoms with Crippen LogP contribution in [-0.2, 0) is 28.8 Å². The second-order valence-electron chi connectivity index (χ2n) is 7.03. The number of rotatable bonds is 11. The van der Waals surface area contributed by atoms with Crippen LogP contribution in [0.2, 0.25) is 0 Å². The van der Waals surface area contributed by atoms with Crippen LogP contribution in [0.1, 0.15) is 39.0 Å². The molecule has 1 fully saturated rings. The fourth-order valence-electron chi connectivity index (χ4n) is 2.99. The van der Waals surface area contributed by atoms with Crippen LogP contribution in [0.25, 0.3) is 0 Å². The van der Waals surface area contributed by atoms with Crippen molar-refractivity contribution < 1.29 is 39.0 Å². The van der Waals surface area contributed by atoms with Gasteiger partial charge in [-0.15, -0.1) is 0 Å². The van der Waals surface area contributed by atoms with Crippen molar-refractivity contribution in [3.05, 3.63) is 0 Å². The molecule has 0 aromatic rings. The summed E-state index contributed by atoms with van der Waals surface area (Å²) in [6, 6.07) is -4.73. The fraction of sp³-hybridized carbons (Fsp3) is 0.647. The Morgan fingerprint density at radius 1 is 1.13 bits per heavy atom. The average molecular weight is 429 g/mol. The Morgan fingerprint density at radius 3 is 2.30 bits per heavy atom. The van der Waals surface area contributed by atoms with Crippen molar-refractivity contribution >= 4 is 35.6 Å². The van der Waals surface area contributed by atoms with Crippen LogP contribution in [0.3, 0.4) is 0 Å². The lowest BCUT2D eigenvalue weighted by Gasteiger charge is -2.29. The van der Waals surface area contributed by atoms with Crippen molar-refractivity contribution in [1.82, 2.24) is 15.5 Å². The molecule has 1 aliphatic heterocycles. The highest BCUT2D eigenvalue weighted by atomic mass is 16.4. The zero-order valence-electron chi connectivity index (χ0n) is 16.5. The molecular weight excluding hydrogens is 402 g/mol. The van der Waals surface area contributed by atoms with Gasteiger partial charge in [0.1, 0.15) is 18.1 Å². The molecule has 168 valence electrons. The van der Waals surface area contributed by atoms with Gasteiger partial charge in [0.25, 0.3) is 0 Å².